The lowest BCUT2D eigenvalue weighted by Crippen LogP contribution is -2.21. The summed E-state index contributed by atoms with van der Waals surface area (Å²) in [5, 5.41) is 4.06. The monoisotopic (exact) mass is 476 g/mol. The van der Waals surface area contributed by atoms with Gasteiger partial charge in [0.2, 0.25) is 5.88 Å². The van der Waals surface area contributed by atoms with Crippen molar-refractivity contribution in [2.75, 3.05) is 20.3 Å². The fraction of sp³-hybridized carbons (Fsp3) is 0.227. The molecular formula is C22H22BrClN2O3. The van der Waals surface area contributed by atoms with Crippen LogP contribution in [-0.4, -0.2) is 25.2 Å². The summed E-state index contributed by atoms with van der Waals surface area (Å²) < 4.78 is 18.0. The van der Waals surface area contributed by atoms with Crippen molar-refractivity contribution in [3.63, 3.8) is 0 Å². The number of pyridine rings is 1. The molecule has 0 fully saturated rings. The van der Waals surface area contributed by atoms with Crippen molar-refractivity contribution >= 4 is 27.5 Å². The van der Waals surface area contributed by atoms with Gasteiger partial charge in [0.05, 0.1) is 7.11 Å². The highest BCUT2D eigenvalue weighted by atomic mass is 79.9. The van der Waals surface area contributed by atoms with Gasteiger partial charge in [-0.05, 0) is 41.5 Å². The van der Waals surface area contributed by atoms with E-state index in [4.69, 9.17) is 25.8 Å². The SMILES string of the molecule is COc1cc(CNCCOc2ccccn2)c(Br)cc1OCc1ccc(Cl)cc1. The second kappa shape index (κ2) is 11.0. The maximum absolute atomic E-state index is 5.94. The molecule has 7 heteroatoms. The molecule has 29 heavy (non-hydrogen) atoms. The Balaban J connectivity index is 1.52. The van der Waals surface area contributed by atoms with E-state index in [2.05, 4.69) is 26.2 Å². The van der Waals surface area contributed by atoms with Gasteiger partial charge in [0.1, 0.15) is 13.2 Å². The average Bonchev–Trinajstić information content (AvgIpc) is 2.75. The van der Waals surface area contributed by atoms with Gasteiger partial charge in [-0.1, -0.05) is 45.7 Å². The molecule has 0 spiro atoms. The number of nitrogens with one attached hydrogen (secondary N) is 1. The van der Waals surface area contributed by atoms with Crippen molar-refractivity contribution < 1.29 is 14.2 Å². The molecule has 0 saturated heterocycles. The van der Waals surface area contributed by atoms with Crippen LogP contribution in [0.4, 0.5) is 0 Å². The van der Waals surface area contributed by atoms with Crippen molar-refractivity contribution in [3.8, 4) is 17.4 Å². The first-order valence-corrected chi connectivity index (χ1v) is 10.3. The molecular weight excluding hydrogens is 456 g/mol. The van der Waals surface area contributed by atoms with Crippen molar-refractivity contribution in [3.05, 3.63) is 81.4 Å². The molecule has 0 amide bonds. The summed E-state index contributed by atoms with van der Waals surface area (Å²) in [6.07, 6.45) is 1.71. The number of rotatable bonds is 10. The quantitative estimate of drug-likeness (QED) is 0.404. The topological polar surface area (TPSA) is 52.6 Å². The molecule has 0 atom stereocenters. The third kappa shape index (κ3) is 6.63. The van der Waals surface area contributed by atoms with Crippen LogP contribution >= 0.6 is 27.5 Å². The van der Waals surface area contributed by atoms with E-state index in [0.717, 1.165) is 15.6 Å². The van der Waals surface area contributed by atoms with Crippen LogP contribution in [0, 0.1) is 0 Å². The Morgan fingerprint density at radius 2 is 1.86 bits per heavy atom. The summed E-state index contributed by atoms with van der Waals surface area (Å²) in [5.41, 5.74) is 2.10. The van der Waals surface area contributed by atoms with Gasteiger partial charge >= 0.3 is 0 Å². The second-order valence-corrected chi connectivity index (χ2v) is 7.49. The van der Waals surface area contributed by atoms with Gasteiger partial charge in [0.25, 0.3) is 0 Å². The molecule has 152 valence electrons. The van der Waals surface area contributed by atoms with Crippen molar-refractivity contribution in [2.24, 2.45) is 0 Å². The van der Waals surface area contributed by atoms with E-state index < -0.39 is 0 Å². The van der Waals surface area contributed by atoms with Crippen LogP contribution in [0.15, 0.2) is 65.3 Å². The normalized spacial score (nSPS) is 10.6. The summed E-state index contributed by atoms with van der Waals surface area (Å²) >= 11 is 9.54. The van der Waals surface area contributed by atoms with Gasteiger partial charge in [0, 0.05) is 34.8 Å². The molecule has 3 aromatic rings. The van der Waals surface area contributed by atoms with Crippen molar-refractivity contribution in [1.29, 1.82) is 0 Å². The Labute approximate surface area is 184 Å². The van der Waals surface area contributed by atoms with Gasteiger partial charge in [0.15, 0.2) is 11.5 Å². The molecule has 0 radical (unpaired) electrons. The number of halogens is 2. The second-order valence-electron chi connectivity index (χ2n) is 6.20. The predicted molar refractivity (Wildman–Crippen MR) is 118 cm³/mol. The van der Waals surface area contributed by atoms with E-state index in [1.165, 1.54) is 0 Å². The molecule has 1 aromatic heterocycles. The summed E-state index contributed by atoms with van der Waals surface area (Å²) in [4.78, 5) is 4.13. The van der Waals surface area contributed by atoms with Crippen LogP contribution < -0.4 is 19.5 Å². The van der Waals surface area contributed by atoms with Crippen LogP contribution in [-0.2, 0) is 13.2 Å². The van der Waals surface area contributed by atoms with Crippen LogP contribution in [0.25, 0.3) is 0 Å². The van der Waals surface area contributed by atoms with Crippen LogP contribution in [0.1, 0.15) is 11.1 Å². The molecule has 0 bridgehead atoms. The minimum atomic E-state index is 0.433. The molecule has 0 aliphatic heterocycles. The lowest BCUT2D eigenvalue weighted by atomic mass is 10.2. The minimum Gasteiger partial charge on any atom is -0.493 e. The van der Waals surface area contributed by atoms with E-state index in [9.17, 15) is 0 Å². The zero-order valence-corrected chi connectivity index (χ0v) is 18.4. The molecule has 0 saturated carbocycles. The molecule has 0 unspecified atom stereocenters. The Hall–Kier alpha value is -2.28. The Morgan fingerprint density at radius 1 is 1.03 bits per heavy atom. The predicted octanol–water partition coefficient (Wildman–Crippen LogP) is 5.25. The van der Waals surface area contributed by atoms with E-state index in [-0.39, 0.29) is 0 Å². The van der Waals surface area contributed by atoms with Gasteiger partial charge in [-0.3, -0.25) is 0 Å². The van der Waals surface area contributed by atoms with Gasteiger partial charge in [-0.25, -0.2) is 4.98 Å². The highest BCUT2D eigenvalue weighted by Crippen LogP contribution is 2.34. The fourth-order valence-electron chi connectivity index (χ4n) is 2.61. The Bertz CT molecular complexity index is 908. The lowest BCUT2D eigenvalue weighted by Gasteiger charge is -2.15. The summed E-state index contributed by atoms with van der Waals surface area (Å²) in [6.45, 7) is 2.33. The molecule has 0 aliphatic rings. The number of nitrogens with zero attached hydrogens (tertiary/aromatic N) is 1. The summed E-state index contributed by atoms with van der Waals surface area (Å²) in [5.74, 6) is 1.99. The molecule has 5 nitrogen and oxygen atoms in total. The van der Waals surface area contributed by atoms with Crippen LogP contribution in [0.5, 0.6) is 17.4 Å². The highest BCUT2D eigenvalue weighted by Gasteiger charge is 2.11. The van der Waals surface area contributed by atoms with Crippen molar-refractivity contribution in [1.82, 2.24) is 10.3 Å². The van der Waals surface area contributed by atoms with Crippen LogP contribution in [0.2, 0.25) is 5.02 Å². The first kappa shape index (κ1) is 21.4. The number of benzene rings is 2. The third-order valence-electron chi connectivity index (χ3n) is 4.12. The van der Waals surface area contributed by atoms with Gasteiger partial charge < -0.3 is 19.5 Å². The first-order valence-electron chi connectivity index (χ1n) is 9.14. The zero-order chi connectivity index (χ0) is 20.5. The van der Waals surface area contributed by atoms with Gasteiger partial charge in [-0.15, -0.1) is 0 Å². The van der Waals surface area contributed by atoms with E-state index in [1.807, 2.05) is 54.6 Å². The fourth-order valence-corrected chi connectivity index (χ4v) is 3.20. The molecule has 2 aromatic carbocycles. The standard InChI is InChI=1S/C22H22BrClN2O3/c1-27-20-12-17(14-25-10-11-28-22-4-2-3-9-26-22)19(23)13-21(20)29-15-16-5-7-18(24)8-6-16/h2-9,12-13,25H,10-11,14-15H2,1H3. The number of hydrogen-bond acceptors (Lipinski definition) is 5. The Morgan fingerprint density at radius 3 is 2.59 bits per heavy atom. The lowest BCUT2D eigenvalue weighted by molar-refractivity contribution is 0.284. The summed E-state index contributed by atoms with van der Waals surface area (Å²) in [7, 11) is 1.64. The van der Waals surface area contributed by atoms with Crippen molar-refractivity contribution in [2.45, 2.75) is 13.2 Å². The van der Waals surface area contributed by atoms with E-state index >= 15 is 0 Å². The van der Waals surface area contributed by atoms with E-state index in [0.29, 0.717) is 48.7 Å². The average molecular weight is 478 g/mol. The maximum atomic E-state index is 5.94. The smallest absolute Gasteiger partial charge is 0.213 e. The van der Waals surface area contributed by atoms with Gasteiger partial charge in [-0.2, -0.15) is 0 Å². The number of methoxy groups -OCH3 is 1. The third-order valence-corrected chi connectivity index (χ3v) is 5.11. The first-order chi connectivity index (χ1) is 14.2. The number of aromatic nitrogens is 1. The highest BCUT2D eigenvalue weighted by molar-refractivity contribution is 9.10. The largest absolute Gasteiger partial charge is 0.493 e. The molecule has 1 heterocycles. The molecule has 1 N–H and O–H groups in total. The summed E-state index contributed by atoms with van der Waals surface area (Å²) in [6, 6.07) is 17.1. The van der Waals surface area contributed by atoms with E-state index in [1.54, 1.807) is 13.3 Å². The number of hydrogen-bond donors (Lipinski definition) is 1. The molecule has 3 rings (SSSR count). The minimum absolute atomic E-state index is 0.433. The number of ether oxygens (including phenoxy) is 3. The zero-order valence-electron chi connectivity index (χ0n) is 16.0. The van der Waals surface area contributed by atoms with Crippen LogP contribution in [0.3, 0.4) is 0 Å². The Kier molecular flexibility index (Phi) is 8.16. The maximum Gasteiger partial charge on any atom is 0.213 e. The molecule has 0 aliphatic carbocycles.